The topological polar surface area (TPSA) is 55.1 Å². The number of hydrogen-bond acceptors (Lipinski definition) is 2. The molecule has 3 nitrogen and oxygen atoms in total. The number of primary amides is 1. The molecule has 1 amide bonds. The lowest BCUT2D eigenvalue weighted by Crippen LogP contribution is -2.24. The Kier molecular flexibility index (Phi) is 4.99. The van der Waals surface area contributed by atoms with Crippen molar-refractivity contribution in [1.82, 2.24) is 5.32 Å². The molecule has 0 saturated carbocycles. The van der Waals surface area contributed by atoms with Crippen molar-refractivity contribution in [2.75, 3.05) is 7.05 Å². The number of hydrogen-bond donors (Lipinski definition) is 2. The Hall–Kier alpha value is -1.35. The maximum atomic E-state index is 11.0. The fourth-order valence-electron chi connectivity index (χ4n) is 1.77. The molecule has 0 aromatic heterocycles. The first-order valence-electron chi connectivity index (χ1n) is 5.73. The van der Waals surface area contributed by atoms with E-state index in [9.17, 15) is 4.79 Å². The fourth-order valence-corrected chi connectivity index (χ4v) is 1.77. The number of amides is 1. The molecule has 0 saturated heterocycles. The first-order chi connectivity index (χ1) is 7.67. The second-order valence-electron chi connectivity index (χ2n) is 4.00. The van der Waals surface area contributed by atoms with Crippen LogP contribution >= 0.6 is 0 Å². The summed E-state index contributed by atoms with van der Waals surface area (Å²) in [6.45, 7) is 2.17. The van der Waals surface area contributed by atoms with Crippen LogP contribution in [0.15, 0.2) is 24.3 Å². The SMILES string of the molecule is CC[C@H](CCc1cccc(C(N)=O)c1)NC. The van der Waals surface area contributed by atoms with Crippen molar-refractivity contribution < 1.29 is 4.79 Å². The van der Waals surface area contributed by atoms with Crippen molar-refractivity contribution in [1.29, 1.82) is 0 Å². The van der Waals surface area contributed by atoms with Crippen LogP contribution in [0.2, 0.25) is 0 Å². The van der Waals surface area contributed by atoms with Crippen LogP contribution < -0.4 is 11.1 Å². The zero-order chi connectivity index (χ0) is 12.0. The zero-order valence-electron chi connectivity index (χ0n) is 9.99. The Balaban J connectivity index is 2.60. The Morgan fingerprint density at radius 1 is 1.50 bits per heavy atom. The molecule has 1 atom stereocenters. The van der Waals surface area contributed by atoms with Gasteiger partial charge in [0, 0.05) is 11.6 Å². The molecule has 0 bridgehead atoms. The summed E-state index contributed by atoms with van der Waals surface area (Å²) >= 11 is 0. The summed E-state index contributed by atoms with van der Waals surface area (Å²) in [7, 11) is 1.98. The predicted octanol–water partition coefficient (Wildman–Crippen LogP) is 1.72. The van der Waals surface area contributed by atoms with E-state index in [1.165, 1.54) is 5.56 Å². The molecule has 0 spiro atoms. The van der Waals surface area contributed by atoms with E-state index in [0.29, 0.717) is 11.6 Å². The highest BCUT2D eigenvalue weighted by Crippen LogP contribution is 2.09. The van der Waals surface area contributed by atoms with Gasteiger partial charge < -0.3 is 11.1 Å². The number of carbonyl (C=O) groups is 1. The average molecular weight is 220 g/mol. The third-order valence-electron chi connectivity index (χ3n) is 2.89. The van der Waals surface area contributed by atoms with E-state index >= 15 is 0 Å². The van der Waals surface area contributed by atoms with Gasteiger partial charge >= 0.3 is 0 Å². The third-order valence-corrected chi connectivity index (χ3v) is 2.89. The van der Waals surface area contributed by atoms with E-state index in [-0.39, 0.29) is 5.91 Å². The molecule has 88 valence electrons. The minimum atomic E-state index is -0.359. The van der Waals surface area contributed by atoms with Gasteiger partial charge in [-0.3, -0.25) is 4.79 Å². The monoisotopic (exact) mass is 220 g/mol. The van der Waals surface area contributed by atoms with Crippen LogP contribution in [0.5, 0.6) is 0 Å². The zero-order valence-corrected chi connectivity index (χ0v) is 9.99. The van der Waals surface area contributed by atoms with Gasteiger partial charge in [0.2, 0.25) is 5.91 Å². The third kappa shape index (κ3) is 3.66. The van der Waals surface area contributed by atoms with Crippen LogP contribution in [0.25, 0.3) is 0 Å². The van der Waals surface area contributed by atoms with E-state index < -0.39 is 0 Å². The summed E-state index contributed by atoms with van der Waals surface area (Å²) in [4.78, 5) is 11.0. The number of nitrogens with two attached hydrogens (primary N) is 1. The highest BCUT2D eigenvalue weighted by molar-refractivity contribution is 5.92. The number of rotatable bonds is 6. The molecule has 0 unspecified atom stereocenters. The van der Waals surface area contributed by atoms with Gasteiger partial charge in [-0.25, -0.2) is 0 Å². The average Bonchev–Trinajstić information content (AvgIpc) is 2.31. The van der Waals surface area contributed by atoms with Gasteiger partial charge in [-0.2, -0.15) is 0 Å². The number of nitrogens with one attached hydrogen (secondary N) is 1. The van der Waals surface area contributed by atoms with Crippen LogP contribution in [-0.4, -0.2) is 19.0 Å². The van der Waals surface area contributed by atoms with Crippen molar-refractivity contribution in [2.45, 2.75) is 32.2 Å². The van der Waals surface area contributed by atoms with Crippen LogP contribution in [0.4, 0.5) is 0 Å². The molecule has 0 radical (unpaired) electrons. The molecule has 0 heterocycles. The molecule has 3 N–H and O–H groups in total. The lowest BCUT2D eigenvalue weighted by molar-refractivity contribution is 0.1000. The molecule has 3 heteroatoms. The Morgan fingerprint density at radius 3 is 2.81 bits per heavy atom. The molecule has 1 aromatic carbocycles. The molecular formula is C13H20N2O. The summed E-state index contributed by atoms with van der Waals surface area (Å²) in [6.07, 6.45) is 3.17. The van der Waals surface area contributed by atoms with E-state index in [1.807, 2.05) is 25.2 Å². The Bertz CT molecular complexity index is 346. The molecule has 0 aliphatic rings. The van der Waals surface area contributed by atoms with Crippen LogP contribution in [0.1, 0.15) is 35.7 Å². The first-order valence-corrected chi connectivity index (χ1v) is 5.73. The molecule has 0 aliphatic carbocycles. The summed E-state index contributed by atoms with van der Waals surface area (Å²) in [5.41, 5.74) is 7.00. The lowest BCUT2D eigenvalue weighted by atomic mass is 10.0. The second-order valence-corrected chi connectivity index (χ2v) is 4.00. The smallest absolute Gasteiger partial charge is 0.248 e. The molecular weight excluding hydrogens is 200 g/mol. The summed E-state index contributed by atoms with van der Waals surface area (Å²) in [5, 5.41) is 3.27. The van der Waals surface area contributed by atoms with Crippen LogP contribution in [0.3, 0.4) is 0 Å². The van der Waals surface area contributed by atoms with Crippen molar-refractivity contribution in [2.24, 2.45) is 5.73 Å². The minimum Gasteiger partial charge on any atom is -0.366 e. The minimum absolute atomic E-state index is 0.359. The van der Waals surface area contributed by atoms with Crippen LogP contribution in [-0.2, 0) is 6.42 Å². The molecule has 0 fully saturated rings. The number of benzene rings is 1. The normalized spacial score (nSPS) is 12.4. The van der Waals surface area contributed by atoms with E-state index in [4.69, 9.17) is 5.73 Å². The molecule has 1 rings (SSSR count). The van der Waals surface area contributed by atoms with Crippen molar-refractivity contribution in [3.63, 3.8) is 0 Å². The van der Waals surface area contributed by atoms with Gasteiger partial charge in [-0.15, -0.1) is 0 Å². The standard InChI is InChI=1S/C13H20N2O/c1-3-12(15-2)8-7-10-5-4-6-11(9-10)13(14)16/h4-6,9,12,15H,3,7-8H2,1-2H3,(H2,14,16)/t12-/m1/s1. The summed E-state index contributed by atoms with van der Waals surface area (Å²) < 4.78 is 0. The molecule has 16 heavy (non-hydrogen) atoms. The van der Waals surface area contributed by atoms with E-state index in [2.05, 4.69) is 12.2 Å². The van der Waals surface area contributed by atoms with Crippen LogP contribution in [0, 0.1) is 0 Å². The maximum absolute atomic E-state index is 11.0. The maximum Gasteiger partial charge on any atom is 0.248 e. The highest BCUT2D eigenvalue weighted by Gasteiger charge is 2.05. The number of carbonyl (C=O) groups excluding carboxylic acids is 1. The fraction of sp³-hybridized carbons (Fsp3) is 0.462. The molecule has 1 aromatic rings. The quantitative estimate of drug-likeness (QED) is 0.767. The second kappa shape index (κ2) is 6.28. The predicted molar refractivity (Wildman–Crippen MR) is 66.4 cm³/mol. The van der Waals surface area contributed by atoms with Gasteiger partial charge in [0.1, 0.15) is 0 Å². The van der Waals surface area contributed by atoms with Crippen molar-refractivity contribution >= 4 is 5.91 Å². The van der Waals surface area contributed by atoms with Crippen molar-refractivity contribution in [3.8, 4) is 0 Å². The summed E-state index contributed by atoms with van der Waals surface area (Å²) in [5.74, 6) is -0.359. The van der Waals surface area contributed by atoms with E-state index in [1.54, 1.807) is 6.07 Å². The van der Waals surface area contributed by atoms with Gasteiger partial charge in [0.05, 0.1) is 0 Å². The Labute approximate surface area is 97.0 Å². The molecule has 0 aliphatic heterocycles. The largest absolute Gasteiger partial charge is 0.366 e. The lowest BCUT2D eigenvalue weighted by Gasteiger charge is -2.13. The highest BCUT2D eigenvalue weighted by atomic mass is 16.1. The summed E-state index contributed by atoms with van der Waals surface area (Å²) in [6, 6.07) is 8.09. The van der Waals surface area contributed by atoms with Gasteiger partial charge in [-0.1, -0.05) is 19.1 Å². The van der Waals surface area contributed by atoms with Crippen molar-refractivity contribution in [3.05, 3.63) is 35.4 Å². The van der Waals surface area contributed by atoms with Gasteiger partial charge in [-0.05, 0) is 44.0 Å². The Morgan fingerprint density at radius 2 is 2.25 bits per heavy atom. The number of aryl methyl sites for hydroxylation is 1. The van der Waals surface area contributed by atoms with Gasteiger partial charge in [0.15, 0.2) is 0 Å². The first kappa shape index (κ1) is 12.7. The van der Waals surface area contributed by atoms with E-state index in [0.717, 1.165) is 19.3 Å². The van der Waals surface area contributed by atoms with Gasteiger partial charge in [0.25, 0.3) is 0 Å².